The summed E-state index contributed by atoms with van der Waals surface area (Å²) in [5.74, 6) is 6.45. The maximum absolute atomic E-state index is 6.45. The van der Waals surface area contributed by atoms with Gasteiger partial charge in [-0.3, -0.25) is 0 Å². The van der Waals surface area contributed by atoms with Crippen LogP contribution in [-0.2, 0) is 0 Å². The fraction of sp³-hybridized carbons (Fsp3) is 0.455. The number of nitrogens with one attached hydrogen (secondary N) is 2. The van der Waals surface area contributed by atoms with E-state index in [1.165, 1.54) is 26.7 Å². The topological polar surface area (TPSA) is 56.6 Å². The molecular weight excluding hydrogens is 366 g/mol. The molecule has 2 aromatic rings. The third-order valence-electron chi connectivity index (χ3n) is 5.52. The molecule has 1 aromatic carbocycles. The molecule has 0 bridgehead atoms. The normalized spacial score (nSPS) is 19.0. The van der Waals surface area contributed by atoms with E-state index in [9.17, 15) is 0 Å². The lowest BCUT2D eigenvalue weighted by Gasteiger charge is -2.31. The zero-order valence-corrected chi connectivity index (χ0v) is 17.7. The number of fused-ring (bicyclic) bond motifs is 1. The lowest BCUT2D eigenvalue weighted by atomic mass is 10.0. The molecule has 2 aliphatic heterocycles. The predicted molar refractivity (Wildman–Crippen MR) is 121 cm³/mol. The molecule has 0 spiro atoms. The largest absolute Gasteiger partial charge is 0.373 e. The Balaban J connectivity index is 1.58. The number of hydrazine groups is 1. The van der Waals surface area contributed by atoms with Crippen LogP contribution in [0.5, 0.6) is 0 Å². The highest BCUT2D eigenvalue weighted by atomic mass is 32.1. The molecule has 1 atom stereocenters. The van der Waals surface area contributed by atoms with Gasteiger partial charge in [-0.05, 0) is 43.2 Å². The van der Waals surface area contributed by atoms with Crippen molar-refractivity contribution >= 4 is 28.4 Å². The van der Waals surface area contributed by atoms with E-state index < -0.39 is 0 Å². The molecule has 28 heavy (non-hydrogen) atoms. The van der Waals surface area contributed by atoms with Gasteiger partial charge in [0.05, 0.1) is 22.3 Å². The quantitative estimate of drug-likeness (QED) is 0.509. The summed E-state index contributed by atoms with van der Waals surface area (Å²) < 4.78 is 0. The van der Waals surface area contributed by atoms with Crippen molar-refractivity contribution in [2.75, 3.05) is 42.9 Å². The van der Waals surface area contributed by atoms with Gasteiger partial charge in [0.2, 0.25) is 0 Å². The number of hydrogen-bond acceptors (Lipinski definition) is 6. The fourth-order valence-electron chi connectivity index (χ4n) is 3.92. The Kier molecular flexibility index (Phi) is 5.90. The Labute approximate surface area is 172 Å². The molecule has 0 saturated carbocycles. The Morgan fingerprint density at radius 1 is 1.21 bits per heavy atom. The first kappa shape index (κ1) is 19.3. The monoisotopic (exact) mass is 397 g/mol. The van der Waals surface area contributed by atoms with E-state index in [2.05, 4.69) is 65.8 Å². The summed E-state index contributed by atoms with van der Waals surface area (Å²) in [4.78, 5) is 5.01. The van der Waals surface area contributed by atoms with Crippen molar-refractivity contribution in [3.05, 3.63) is 51.7 Å². The predicted octanol–water partition coefficient (Wildman–Crippen LogP) is 3.95. The van der Waals surface area contributed by atoms with Crippen LogP contribution in [0.15, 0.2) is 36.4 Å². The number of hydrogen-bond donors (Lipinski definition) is 3. The number of thiophene rings is 1. The molecule has 4 N–H and O–H groups in total. The van der Waals surface area contributed by atoms with Gasteiger partial charge in [-0.2, -0.15) is 0 Å². The minimum absolute atomic E-state index is 0.140. The average molecular weight is 398 g/mol. The number of anilines is 2. The molecule has 4 rings (SSSR count). The zero-order chi connectivity index (χ0) is 19.5. The Bertz CT molecular complexity index is 820. The molecule has 1 aromatic heterocycles. The minimum atomic E-state index is 0.140. The van der Waals surface area contributed by atoms with Crippen molar-refractivity contribution in [2.24, 2.45) is 5.84 Å². The summed E-state index contributed by atoms with van der Waals surface area (Å²) in [6.45, 7) is 9.50. The molecule has 150 valence electrons. The van der Waals surface area contributed by atoms with Crippen LogP contribution >= 0.6 is 11.3 Å². The van der Waals surface area contributed by atoms with E-state index >= 15 is 0 Å². The molecular formula is C22H31N5S. The van der Waals surface area contributed by atoms with Crippen LogP contribution in [0.25, 0.3) is 5.70 Å². The van der Waals surface area contributed by atoms with Gasteiger partial charge in [-0.1, -0.05) is 25.5 Å². The minimum Gasteiger partial charge on any atom is -0.373 e. The van der Waals surface area contributed by atoms with Gasteiger partial charge >= 0.3 is 0 Å². The summed E-state index contributed by atoms with van der Waals surface area (Å²) >= 11 is 1.81. The number of piperazine rings is 1. The highest BCUT2D eigenvalue weighted by molar-refractivity contribution is 7.13. The van der Waals surface area contributed by atoms with Crippen LogP contribution in [0.2, 0.25) is 0 Å². The molecule has 1 fully saturated rings. The standard InChI is InChI=1S/C22H31N5S/c1-3-4-11-27(23)21-15-19(25-20-14-16(2)28-22(20)21)17-5-7-18(8-6-17)26-12-9-24-10-13-26/h5-8,14-15,19,24-25H,3-4,9-13,23H2,1-2H3. The van der Waals surface area contributed by atoms with E-state index in [1.54, 1.807) is 0 Å². The van der Waals surface area contributed by atoms with Crippen LogP contribution in [0, 0.1) is 6.92 Å². The first-order valence-electron chi connectivity index (χ1n) is 10.3. The third kappa shape index (κ3) is 4.04. The van der Waals surface area contributed by atoms with Gasteiger partial charge in [-0.25, -0.2) is 5.84 Å². The molecule has 0 radical (unpaired) electrons. The van der Waals surface area contributed by atoms with Crippen molar-refractivity contribution in [3.63, 3.8) is 0 Å². The summed E-state index contributed by atoms with van der Waals surface area (Å²) in [5.41, 5.74) is 4.93. The van der Waals surface area contributed by atoms with Crippen molar-refractivity contribution in [3.8, 4) is 0 Å². The van der Waals surface area contributed by atoms with E-state index in [-0.39, 0.29) is 6.04 Å². The molecule has 0 aliphatic carbocycles. The van der Waals surface area contributed by atoms with Gasteiger partial charge in [0.1, 0.15) is 0 Å². The maximum atomic E-state index is 6.45. The Hall–Kier alpha value is -2.02. The SMILES string of the molecule is CCCCN(N)C1=CC(c2ccc(N3CCNCC3)cc2)Nc2cc(C)sc21. The fourth-order valence-corrected chi connectivity index (χ4v) is 4.94. The molecule has 1 saturated heterocycles. The second-order valence-electron chi connectivity index (χ2n) is 7.65. The third-order valence-corrected chi connectivity index (χ3v) is 6.59. The van der Waals surface area contributed by atoms with Crippen molar-refractivity contribution < 1.29 is 0 Å². The van der Waals surface area contributed by atoms with E-state index in [0.29, 0.717) is 0 Å². The second kappa shape index (κ2) is 8.55. The van der Waals surface area contributed by atoms with Crippen molar-refractivity contribution in [1.82, 2.24) is 10.3 Å². The van der Waals surface area contributed by atoms with Crippen LogP contribution in [0.1, 0.15) is 41.1 Å². The summed E-state index contributed by atoms with van der Waals surface area (Å²) in [6.07, 6.45) is 4.53. The van der Waals surface area contributed by atoms with Gasteiger partial charge in [0.15, 0.2) is 0 Å². The highest BCUT2D eigenvalue weighted by Gasteiger charge is 2.25. The molecule has 6 heteroatoms. The van der Waals surface area contributed by atoms with Gasteiger partial charge < -0.3 is 20.5 Å². The lowest BCUT2D eigenvalue weighted by Crippen LogP contribution is -2.43. The highest BCUT2D eigenvalue weighted by Crippen LogP contribution is 2.41. The van der Waals surface area contributed by atoms with E-state index in [4.69, 9.17) is 5.84 Å². The van der Waals surface area contributed by atoms with Crippen LogP contribution < -0.4 is 21.4 Å². The molecule has 5 nitrogen and oxygen atoms in total. The first-order valence-corrected chi connectivity index (χ1v) is 11.1. The average Bonchev–Trinajstić information content (AvgIpc) is 3.12. The summed E-state index contributed by atoms with van der Waals surface area (Å²) in [5, 5.41) is 9.05. The summed E-state index contributed by atoms with van der Waals surface area (Å²) in [7, 11) is 0. The number of rotatable bonds is 6. The Morgan fingerprint density at radius 2 is 1.96 bits per heavy atom. The molecule has 0 amide bonds. The number of aryl methyl sites for hydroxylation is 1. The van der Waals surface area contributed by atoms with Gasteiger partial charge in [-0.15, -0.1) is 11.3 Å². The first-order chi connectivity index (χ1) is 13.7. The molecule has 3 heterocycles. The van der Waals surface area contributed by atoms with Crippen LogP contribution in [0.4, 0.5) is 11.4 Å². The van der Waals surface area contributed by atoms with Gasteiger partial charge in [0, 0.05) is 43.3 Å². The maximum Gasteiger partial charge on any atom is 0.0749 e. The Morgan fingerprint density at radius 3 is 2.68 bits per heavy atom. The van der Waals surface area contributed by atoms with Crippen LogP contribution in [0.3, 0.4) is 0 Å². The molecule has 2 aliphatic rings. The number of benzene rings is 1. The van der Waals surface area contributed by atoms with E-state index in [1.807, 2.05) is 16.3 Å². The smallest absolute Gasteiger partial charge is 0.0749 e. The zero-order valence-electron chi connectivity index (χ0n) is 16.9. The second-order valence-corrected chi connectivity index (χ2v) is 8.91. The number of unbranched alkanes of at least 4 members (excludes halogenated alkanes) is 1. The number of nitrogens with zero attached hydrogens (tertiary/aromatic N) is 2. The van der Waals surface area contributed by atoms with Crippen molar-refractivity contribution in [1.29, 1.82) is 0 Å². The summed E-state index contributed by atoms with van der Waals surface area (Å²) in [6, 6.07) is 11.4. The van der Waals surface area contributed by atoms with Gasteiger partial charge in [0.25, 0.3) is 0 Å². The lowest BCUT2D eigenvalue weighted by molar-refractivity contribution is 0.404. The van der Waals surface area contributed by atoms with Crippen molar-refractivity contribution in [2.45, 2.75) is 32.7 Å². The molecule has 1 unspecified atom stereocenters. The number of nitrogens with two attached hydrogens (primary N) is 1. The van der Waals surface area contributed by atoms with Crippen LogP contribution in [-0.4, -0.2) is 37.7 Å². The van der Waals surface area contributed by atoms with E-state index in [0.717, 1.165) is 51.3 Å².